The zero-order chi connectivity index (χ0) is 17.1. The monoisotopic (exact) mass is 468 g/mol. The summed E-state index contributed by atoms with van der Waals surface area (Å²) in [5.74, 6) is -0.375. The van der Waals surface area contributed by atoms with Crippen molar-refractivity contribution in [3.63, 3.8) is 0 Å². The molecule has 24 heavy (non-hydrogen) atoms. The van der Waals surface area contributed by atoms with E-state index in [-0.39, 0.29) is 11.4 Å². The number of halogens is 2. The Bertz CT molecular complexity index is 920. The highest BCUT2D eigenvalue weighted by Crippen LogP contribution is 2.30. The number of aromatic amines is 1. The predicted molar refractivity (Wildman–Crippen MR) is 100 cm³/mol. The molecule has 0 saturated heterocycles. The third-order valence-electron chi connectivity index (χ3n) is 3.01. The van der Waals surface area contributed by atoms with Gasteiger partial charge in [0.2, 0.25) is 0 Å². The van der Waals surface area contributed by atoms with Gasteiger partial charge in [-0.25, -0.2) is 5.43 Å². The van der Waals surface area contributed by atoms with Crippen molar-refractivity contribution in [3.8, 4) is 16.3 Å². The van der Waals surface area contributed by atoms with Crippen molar-refractivity contribution in [3.05, 3.63) is 55.9 Å². The summed E-state index contributed by atoms with van der Waals surface area (Å²) in [4.78, 5) is 13.0. The molecule has 2 aromatic heterocycles. The summed E-state index contributed by atoms with van der Waals surface area (Å²) < 4.78 is 1.80. The predicted octanol–water partition coefficient (Wildman–Crippen LogP) is 4.13. The highest BCUT2D eigenvalue weighted by molar-refractivity contribution is 9.11. The van der Waals surface area contributed by atoms with E-state index in [0.29, 0.717) is 5.56 Å². The number of aromatic hydroxyl groups is 1. The smallest absolute Gasteiger partial charge is 0.291 e. The Morgan fingerprint density at radius 2 is 2.12 bits per heavy atom. The number of thiophene rings is 1. The molecule has 0 saturated carbocycles. The Morgan fingerprint density at radius 1 is 1.29 bits per heavy atom. The number of rotatable bonds is 4. The first-order chi connectivity index (χ1) is 11.5. The molecule has 6 nitrogen and oxygen atoms in total. The van der Waals surface area contributed by atoms with E-state index in [1.807, 2.05) is 12.1 Å². The standard InChI is InChI=1S/C15H10Br2N4O2S/c16-9-1-2-12(22)8(5-9)7-18-21-15(23)11-6-10(19-20-11)13-3-4-14(17)24-13/h1-7,22H,(H,19,20)(H,21,23)/b18-7-. The van der Waals surface area contributed by atoms with Crippen molar-refractivity contribution < 1.29 is 9.90 Å². The summed E-state index contributed by atoms with van der Waals surface area (Å²) in [7, 11) is 0. The van der Waals surface area contributed by atoms with E-state index in [0.717, 1.165) is 18.8 Å². The Morgan fingerprint density at radius 3 is 2.88 bits per heavy atom. The van der Waals surface area contributed by atoms with Gasteiger partial charge in [0.05, 0.1) is 20.6 Å². The van der Waals surface area contributed by atoms with Crippen LogP contribution in [0.4, 0.5) is 0 Å². The number of carbonyl (C=O) groups excluding carboxylic acids is 1. The quantitative estimate of drug-likeness (QED) is 0.396. The molecule has 2 heterocycles. The van der Waals surface area contributed by atoms with E-state index in [2.05, 4.69) is 52.6 Å². The lowest BCUT2D eigenvalue weighted by atomic mass is 10.2. The topological polar surface area (TPSA) is 90.4 Å². The number of amides is 1. The van der Waals surface area contributed by atoms with Crippen molar-refractivity contribution in [2.45, 2.75) is 0 Å². The fourth-order valence-electron chi connectivity index (χ4n) is 1.87. The Hall–Kier alpha value is -1.97. The molecule has 3 aromatic rings. The Balaban J connectivity index is 1.68. The molecule has 0 aliphatic rings. The molecule has 122 valence electrons. The highest BCUT2D eigenvalue weighted by atomic mass is 79.9. The van der Waals surface area contributed by atoms with Crippen LogP contribution in [0.2, 0.25) is 0 Å². The molecule has 9 heteroatoms. The number of phenolic OH excluding ortho intramolecular Hbond substituents is 1. The minimum Gasteiger partial charge on any atom is -0.507 e. The maximum Gasteiger partial charge on any atom is 0.291 e. The van der Waals surface area contributed by atoms with Crippen molar-refractivity contribution in [2.24, 2.45) is 5.10 Å². The highest BCUT2D eigenvalue weighted by Gasteiger charge is 2.12. The molecule has 0 radical (unpaired) electrons. The summed E-state index contributed by atoms with van der Waals surface area (Å²) in [5.41, 5.74) is 3.84. The normalized spacial score (nSPS) is 11.1. The zero-order valence-electron chi connectivity index (χ0n) is 12.0. The van der Waals surface area contributed by atoms with Gasteiger partial charge in [0.1, 0.15) is 5.75 Å². The molecule has 0 unspecified atom stereocenters. The molecule has 1 aromatic carbocycles. The number of hydrazone groups is 1. The molecule has 3 N–H and O–H groups in total. The fourth-order valence-corrected chi connectivity index (χ4v) is 3.60. The molecule has 0 bridgehead atoms. The summed E-state index contributed by atoms with van der Waals surface area (Å²) in [5, 5.41) is 20.3. The summed E-state index contributed by atoms with van der Waals surface area (Å²) in [6.07, 6.45) is 1.36. The van der Waals surface area contributed by atoms with E-state index < -0.39 is 5.91 Å². The maximum atomic E-state index is 12.1. The van der Waals surface area contributed by atoms with Crippen LogP contribution in [-0.2, 0) is 0 Å². The third-order valence-corrected chi connectivity index (χ3v) is 5.16. The van der Waals surface area contributed by atoms with E-state index in [1.165, 1.54) is 23.6 Å². The third kappa shape index (κ3) is 3.92. The number of hydrogen-bond acceptors (Lipinski definition) is 5. The van der Waals surface area contributed by atoms with Crippen LogP contribution in [0.5, 0.6) is 5.75 Å². The summed E-state index contributed by atoms with van der Waals surface area (Å²) >= 11 is 8.23. The van der Waals surface area contributed by atoms with Crippen molar-refractivity contribution in [1.82, 2.24) is 15.6 Å². The van der Waals surface area contributed by atoms with Gasteiger partial charge in [-0.15, -0.1) is 11.3 Å². The van der Waals surface area contributed by atoms with Gasteiger partial charge in [-0.2, -0.15) is 10.2 Å². The van der Waals surface area contributed by atoms with Gasteiger partial charge in [-0.1, -0.05) is 15.9 Å². The van der Waals surface area contributed by atoms with Gasteiger partial charge in [0.25, 0.3) is 5.91 Å². The molecular formula is C15H10Br2N4O2S. The van der Waals surface area contributed by atoms with Gasteiger partial charge >= 0.3 is 0 Å². The minimum absolute atomic E-state index is 0.0709. The molecule has 0 fully saturated rings. The van der Waals surface area contributed by atoms with Crippen LogP contribution in [0.15, 0.2) is 49.8 Å². The molecule has 0 aliphatic heterocycles. The van der Waals surface area contributed by atoms with E-state index in [1.54, 1.807) is 18.2 Å². The van der Waals surface area contributed by atoms with Crippen LogP contribution in [0.3, 0.4) is 0 Å². The number of carbonyl (C=O) groups is 1. The molecule has 1 amide bonds. The van der Waals surface area contributed by atoms with Gasteiger partial charge in [-0.05, 0) is 52.3 Å². The first-order valence-corrected chi connectivity index (χ1v) is 9.06. The van der Waals surface area contributed by atoms with Gasteiger partial charge in [0, 0.05) is 10.0 Å². The number of nitrogens with zero attached hydrogens (tertiary/aromatic N) is 2. The number of phenols is 1. The lowest BCUT2D eigenvalue weighted by molar-refractivity contribution is 0.0950. The van der Waals surface area contributed by atoms with Crippen molar-refractivity contribution >= 4 is 55.3 Å². The first kappa shape index (κ1) is 16.9. The van der Waals surface area contributed by atoms with Gasteiger partial charge in [-0.3, -0.25) is 9.89 Å². The van der Waals surface area contributed by atoms with E-state index in [4.69, 9.17) is 0 Å². The second kappa shape index (κ2) is 7.29. The maximum absolute atomic E-state index is 12.1. The number of nitrogens with one attached hydrogen (secondary N) is 2. The fraction of sp³-hybridized carbons (Fsp3) is 0. The molecular weight excluding hydrogens is 460 g/mol. The largest absolute Gasteiger partial charge is 0.507 e. The van der Waals surface area contributed by atoms with Crippen LogP contribution in [-0.4, -0.2) is 27.4 Å². The summed E-state index contributed by atoms with van der Waals surface area (Å²) in [6, 6.07) is 10.4. The van der Waals surface area contributed by atoms with Crippen LogP contribution in [0, 0.1) is 0 Å². The Kier molecular flexibility index (Phi) is 5.12. The molecule has 0 aliphatic carbocycles. The zero-order valence-corrected chi connectivity index (χ0v) is 15.9. The second-order valence-corrected chi connectivity index (χ2v) is 8.05. The number of aromatic nitrogens is 2. The van der Waals surface area contributed by atoms with Crippen LogP contribution >= 0.6 is 43.2 Å². The van der Waals surface area contributed by atoms with Crippen LogP contribution < -0.4 is 5.43 Å². The average Bonchev–Trinajstić information content (AvgIpc) is 3.19. The van der Waals surface area contributed by atoms with Crippen molar-refractivity contribution in [1.29, 1.82) is 0 Å². The van der Waals surface area contributed by atoms with Gasteiger partial charge in [0.15, 0.2) is 5.69 Å². The number of hydrogen-bond donors (Lipinski definition) is 3. The van der Waals surface area contributed by atoms with Crippen LogP contribution in [0.1, 0.15) is 16.1 Å². The van der Waals surface area contributed by atoms with Gasteiger partial charge < -0.3 is 5.11 Å². The Labute approximate surface area is 157 Å². The average molecular weight is 470 g/mol. The summed E-state index contributed by atoms with van der Waals surface area (Å²) in [6.45, 7) is 0. The molecule has 3 rings (SSSR count). The lowest BCUT2D eigenvalue weighted by Gasteiger charge is -1.99. The van der Waals surface area contributed by atoms with E-state index >= 15 is 0 Å². The lowest BCUT2D eigenvalue weighted by Crippen LogP contribution is -2.18. The minimum atomic E-state index is -0.446. The SMILES string of the molecule is O=C(N/N=C\c1cc(Br)ccc1O)c1cc(-c2ccc(Br)s2)[nH]n1. The first-order valence-electron chi connectivity index (χ1n) is 6.66. The van der Waals surface area contributed by atoms with Crippen LogP contribution in [0.25, 0.3) is 10.6 Å². The second-order valence-electron chi connectivity index (χ2n) is 4.67. The number of benzene rings is 1. The molecule has 0 spiro atoms. The van der Waals surface area contributed by atoms with Crippen molar-refractivity contribution in [2.75, 3.05) is 0 Å². The van der Waals surface area contributed by atoms with E-state index in [9.17, 15) is 9.90 Å². The molecule has 0 atom stereocenters. The number of H-pyrrole nitrogens is 1.